The first-order valence-corrected chi connectivity index (χ1v) is 7.31. The molecule has 0 spiro atoms. The summed E-state index contributed by atoms with van der Waals surface area (Å²) in [5, 5.41) is 0. The zero-order valence-electron chi connectivity index (χ0n) is 11.0. The van der Waals surface area contributed by atoms with Gasteiger partial charge in [0.15, 0.2) is 0 Å². The van der Waals surface area contributed by atoms with Gasteiger partial charge in [0.1, 0.15) is 11.5 Å². The van der Waals surface area contributed by atoms with Crippen molar-refractivity contribution in [1.82, 2.24) is 0 Å². The van der Waals surface area contributed by atoms with Gasteiger partial charge in [-0.2, -0.15) is 13.2 Å². The summed E-state index contributed by atoms with van der Waals surface area (Å²) in [6.07, 6.45) is -4.07. The Labute approximate surface area is 134 Å². The van der Waals surface area contributed by atoms with Crippen LogP contribution in [-0.4, -0.2) is 6.54 Å². The van der Waals surface area contributed by atoms with Crippen molar-refractivity contribution >= 4 is 22.6 Å². The third-order valence-corrected chi connectivity index (χ3v) is 3.54. The quantitative estimate of drug-likeness (QED) is 0.752. The molecule has 0 bridgehead atoms. The van der Waals surface area contributed by atoms with Crippen LogP contribution < -0.4 is 10.5 Å². The highest BCUT2D eigenvalue weighted by Crippen LogP contribution is 2.38. The Hall–Kier alpha value is -1.28. The summed E-state index contributed by atoms with van der Waals surface area (Å²) in [4.78, 5) is 0. The molecule has 0 unspecified atom stereocenters. The fraction of sp³-hybridized carbons (Fsp3) is 0.200. The number of rotatable bonds is 4. The number of halogens is 4. The SMILES string of the molecule is NCCc1ccc(Oc2ccc(I)cc2)c(C(F)(F)F)c1. The lowest BCUT2D eigenvalue weighted by atomic mass is 10.1. The maximum Gasteiger partial charge on any atom is 0.419 e. The van der Waals surface area contributed by atoms with Gasteiger partial charge in [-0.25, -0.2) is 0 Å². The van der Waals surface area contributed by atoms with Crippen molar-refractivity contribution in [3.63, 3.8) is 0 Å². The minimum atomic E-state index is -4.47. The van der Waals surface area contributed by atoms with Gasteiger partial charge in [-0.15, -0.1) is 0 Å². The molecule has 0 aliphatic heterocycles. The zero-order chi connectivity index (χ0) is 15.5. The first kappa shape index (κ1) is 16.1. The van der Waals surface area contributed by atoms with Gasteiger partial charge in [-0.1, -0.05) is 6.07 Å². The van der Waals surface area contributed by atoms with Gasteiger partial charge in [-0.05, 0) is 77.5 Å². The molecule has 112 valence electrons. The maximum atomic E-state index is 13.1. The third kappa shape index (κ3) is 4.34. The zero-order valence-corrected chi connectivity index (χ0v) is 13.1. The molecular weight excluding hydrogens is 394 g/mol. The van der Waals surface area contributed by atoms with Crippen LogP contribution in [0.5, 0.6) is 11.5 Å². The molecule has 0 saturated heterocycles. The van der Waals surface area contributed by atoms with Crippen molar-refractivity contribution < 1.29 is 17.9 Å². The predicted octanol–water partition coefficient (Wildman–Crippen LogP) is 4.60. The Bertz CT molecular complexity index is 611. The molecule has 2 rings (SSSR count). The van der Waals surface area contributed by atoms with Gasteiger partial charge >= 0.3 is 6.18 Å². The van der Waals surface area contributed by atoms with Gasteiger partial charge in [0.2, 0.25) is 0 Å². The van der Waals surface area contributed by atoms with Crippen LogP contribution in [0.1, 0.15) is 11.1 Å². The summed E-state index contributed by atoms with van der Waals surface area (Å²) in [7, 11) is 0. The van der Waals surface area contributed by atoms with Crippen molar-refractivity contribution in [2.24, 2.45) is 5.73 Å². The second-order valence-corrected chi connectivity index (χ2v) is 5.67. The van der Waals surface area contributed by atoms with Crippen LogP contribution in [0.4, 0.5) is 13.2 Å². The highest BCUT2D eigenvalue weighted by molar-refractivity contribution is 14.1. The molecule has 0 radical (unpaired) electrons. The molecule has 0 amide bonds. The summed E-state index contributed by atoms with van der Waals surface area (Å²) in [5.74, 6) is 0.164. The van der Waals surface area contributed by atoms with Crippen molar-refractivity contribution in [1.29, 1.82) is 0 Å². The number of hydrogen-bond donors (Lipinski definition) is 1. The van der Waals surface area contributed by atoms with Crippen LogP contribution in [-0.2, 0) is 12.6 Å². The van der Waals surface area contributed by atoms with Crippen molar-refractivity contribution in [3.8, 4) is 11.5 Å². The lowest BCUT2D eigenvalue weighted by molar-refractivity contribution is -0.138. The summed E-state index contributed by atoms with van der Waals surface area (Å²) in [5.41, 5.74) is 5.14. The largest absolute Gasteiger partial charge is 0.457 e. The minimum absolute atomic E-state index is 0.204. The Morgan fingerprint density at radius 1 is 1.05 bits per heavy atom. The van der Waals surface area contributed by atoms with Crippen LogP contribution in [0, 0.1) is 3.57 Å². The van der Waals surface area contributed by atoms with E-state index in [1.165, 1.54) is 6.07 Å². The van der Waals surface area contributed by atoms with E-state index in [2.05, 4.69) is 22.6 Å². The molecule has 0 aromatic heterocycles. The van der Waals surface area contributed by atoms with E-state index in [1.54, 1.807) is 30.3 Å². The van der Waals surface area contributed by atoms with Crippen LogP contribution >= 0.6 is 22.6 Å². The lowest BCUT2D eigenvalue weighted by Crippen LogP contribution is -2.09. The van der Waals surface area contributed by atoms with E-state index in [1.807, 2.05) is 0 Å². The summed E-state index contributed by atoms with van der Waals surface area (Å²) < 4.78 is 45.7. The van der Waals surface area contributed by atoms with Gasteiger partial charge in [0.25, 0.3) is 0 Å². The molecule has 6 heteroatoms. The molecular formula is C15H13F3INO. The van der Waals surface area contributed by atoms with E-state index < -0.39 is 11.7 Å². The average molecular weight is 407 g/mol. The Morgan fingerprint density at radius 2 is 1.71 bits per heavy atom. The van der Waals surface area contributed by atoms with Gasteiger partial charge in [0.05, 0.1) is 5.56 Å². The van der Waals surface area contributed by atoms with Crippen LogP contribution in [0.25, 0.3) is 0 Å². The summed E-state index contributed by atoms with van der Waals surface area (Å²) >= 11 is 2.11. The molecule has 0 atom stereocenters. The molecule has 2 aromatic rings. The normalized spacial score (nSPS) is 11.5. The average Bonchev–Trinajstić information content (AvgIpc) is 2.42. The first-order chi connectivity index (χ1) is 9.90. The predicted molar refractivity (Wildman–Crippen MR) is 83.4 cm³/mol. The van der Waals surface area contributed by atoms with Crippen molar-refractivity contribution in [3.05, 3.63) is 57.2 Å². The highest BCUT2D eigenvalue weighted by atomic mass is 127. The number of alkyl halides is 3. The second kappa shape index (κ2) is 6.65. The van der Waals surface area contributed by atoms with Crippen LogP contribution in [0.2, 0.25) is 0 Å². The Morgan fingerprint density at radius 3 is 2.29 bits per heavy atom. The van der Waals surface area contributed by atoms with Crippen molar-refractivity contribution in [2.45, 2.75) is 12.6 Å². The molecule has 2 aromatic carbocycles. The van der Waals surface area contributed by atoms with E-state index >= 15 is 0 Å². The number of hydrogen-bond acceptors (Lipinski definition) is 2. The van der Waals surface area contributed by atoms with Gasteiger partial charge in [-0.3, -0.25) is 0 Å². The van der Waals surface area contributed by atoms with E-state index in [0.29, 0.717) is 24.3 Å². The van der Waals surface area contributed by atoms with Gasteiger partial charge in [0, 0.05) is 3.57 Å². The fourth-order valence-electron chi connectivity index (χ4n) is 1.84. The standard InChI is InChI=1S/C15H13F3INO/c16-15(17,18)13-9-10(7-8-20)1-6-14(13)21-12-4-2-11(19)3-5-12/h1-6,9H,7-8,20H2. The first-order valence-electron chi connectivity index (χ1n) is 6.24. The number of ether oxygens (including phenoxy) is 1. The molecule has 2 N–H and O–H groups in total. The maximum absolute atomic E-state index is 13.1. The van der Waals surface area contributed by atoms with E-state index in [9.17, 15) is 13.2 Å². The van der Waals surface area contributed by atoms with E-state index in [4.69, 9.17) is 10.5 Å². The van der Waals surface area contributed by atoms with Crippen LogP contribution in [0.15, 0.2) is 42.5 Å². The third-order valence-electron chi connectivity index (χ3n) is 2.82. The molecule has 0 aliphatic carbocycles. The molecule has 0 saturated carbocycles. The summed E-state index contributed by atoms with van der Waals surface area (Å²) in [6.45, 7) is 0.300. The molecule has 21 heavy (non-hydrogen) atoms. The molecule has 0 fully saturated rings. The lowest BCUT2D eigenvalue weighted by Gasteiger charge is -2.15. The number of benzene rings is 2. The molecule has 2 nitrogen and oxygen atoms in total. The summed E-state index contributed by atoms with van der Waals surface area (Å²) in [6, 6.07) is 10.8. The molecule has 0 aliphatic rings. The Balaban J connectivity index is 2.35. The second-order valence-electron chi connectivity index (χ2n) is 4.42. The smallest absolute Gasteiger partial charge is 0.419 e. The number of nitrogens with two attached hydrogens (primary N) is 1. The highest BCUT2D eigenvalue weighted by Gasteiger charge is 2.34. The topological polar surface area (TPSA) is 35.2 Å². The van der Waals surface area contributed by atoms with E-state index in [0.717, 1.165) is 9.64 Å². The van der Waals surface area contributed by atoms with Crippen molar-refractivity contribution in [2.75, 3.05) is 6.54 Å². The minimum Gasteiger partial charge on any atom is -0.457 e. The Kier molecular flexibility index (Phi) is 5.10. The fourth-order valence-corrected chi connectivity index (χ4v) is 2.20. The van der Waals surface area contributed by atoms with Gasteiger partial charge < -0.3 is 10.5 Å². The molecule has 0 heterocycles. The monoisotopic (exact) mass is 407 g/mol. The van der Waals surface area contributed by atoms with Crippen LogP contribution in [0.3, 0.4) is 0 Å². The van der Waals surface area contributed by atoms with E-state index in [-0.39, 0.29) is 5.75 Å².